The molecule has 0 spiro atoms. The molecule has 22 heavy (non-hydrogen) atoms. The van der Waals surface area contributed by atoms with Crippen molar-refractivity contribution in [3.05, 3.63) is 71.3 Å². The third-order valence-electron chi connectivity index (χ3n) is 4.78. The lowest BCUT2D eigenvalue weighted by Gasteiger charge is -2.29. The number of benzene rings is 2. The highest BCUT2D eigenvalue weighted by molar-refractivity contribution is 5.35. The standard InChI is InChI=1S/C19H21F2N/c1-22-18-10-4-9-17(18)19(13-5-2-7-15(20)11-13)14-6-3-8-16(21)12-14/h2-3,5-8,11-12,17-19,22H,4,9-10H2,1H3/t17?,18-/m1/s1. The third-order valence-corrected chi connectivity index (χ3v) is 4.78. The van der Waals surface area contributed by atoms with E-state index < -0.39 is 0 Å². The topological polar surface area (TPSA) is 12.0 Å². The molecular formula is C19H21F2N. The van der Waals surface area contributed by atoms with E-state index in [1.165, 1.54) is 12.1 Å². The van der Waals surface area contributed by atoms with Gasteiger partial charge in [-0.25, -0.2) is 8.78 Å². The summed E-state index contributed by atoms with van der Waals surface area (Å²) in [6.07, 6.45) is 3.34. The van der Waals surface area contributed by atoms with Gasteiger partial charge in [0, 0.05) is 12.0 Å². The molecule has 3 rings (SSSR count). The lowest BCUT2D eigenvalue weighted by atomic mass is 9.78. The molecule has 1 unspecified atom stereocenters. The average molecular weight is 301 g/mol. The summed E-state index contributed by atoms with van der Waals surface area (Å²) >= 11 is 0. The molecule has 1 aliphatic rings. The highest BCUT2D eigenvalue weighted by atomic mass is 19.1. The molecule has 0 saturated heterocycles. The Morgan fingerprint density at radius 2 is 1.55 bits per heavy atom. The Morgan fingerprint density at radius 3 is 2.05 bits per heavy atom. The van der Waals surface area contributed by atoms with Crippen LogP contribution in [0, 0.1) is 17.6 Å². The van der Waals surface area contributed by atoms with Gasteiger partial charge in [-0.2, -0.15) is 0 Å². The normalized spacial score (nSPS) is 21.5. The predicted octanol–water partition coefficient (Wildman–Crippen LogP) is 4.48. The van der Waals surface area contributed by atoms with Gasteiger partial charge in [-0.3, -0.25) is 0 Å². The van der Waals surface area contributed by atoms with Gasteiger partial charge in [0.15, 0.2) is 0 Å². The zero-order chi connectivity index (χ0) is 15.5. The van der Waals surface area contributed by atoms with Crippen LogP contribution in [0.3, 0.4) is 0 Å². The summed E-state index contributed by atoms with van der Waals surface area (Å²) in [5.41, 5.74) is 1.86. The van der Waals surface area contributed by atoms with Crippen molar-refractivity contribution < 1.29 is 8.78 Å². The fourth-order valence-electron chi connectivity index (χ4n) is 3.83. The predicted molar refractivity (Wildman–Crippen MR) is 84.8 cm³/mol. The molecule has 0 radical (unpaired) electrons. The van der Waals surface area contributed by atoms with E-state index in [0.29, 0.717) is 12.0 Å². The van der Waals surface area contributed by atoms with Gasteiger partial charge in [0.1, 0.15) is 11.6 Å². The van der Waals surface area contributed by atoms with Gasteiger partial charge in [-0.15, -0.1) is 0 Å². The summed E-state index contributed by atoms with van der Waals surface area (Å²) < 4.78 is 27.4. The summed E-state index contributed by atoms with van der Waals surface area (Å²) in [4.78, 5) is 0. The Hall–Kier alpha value is -1.74. The van der Waals surface area contributed by atoms with E-state index in [1.807, 2.05) is 19.2 Å². The van der Waals surface area contributed by atoms with E-state index in [2.05, 4.69) is 5.32 Å². The molecule has 2 aromatic carbocycles. The Bertz CT molecular complexity index is 595. The van der Waals surface area contributed by atoms with Crippen LogP contribution in [0.25, 0.3) is 0 Å². The molecule has 1 fully saturated rings. The second-order valence-corrected chi connectivity index (χ2v) is 6.08. The first-order valence-corrected chi connectivity index (χ1v) is 7.87. The van der Waals surface area contributed by atoms with E-state index in [0.717, 1.165) is 30.4 Å². The van der Waals surface area contributed by atoms with Crippen LogP contribution in [0.15, 0.2) is 48.5 Å². The minimum absolute atomic E-state index is 0.0198. The van der Waals surface area contributed by atoms with Gasteiger partial charge < -0.3 is 5.32 Å². The van der Waals surface area contributed by atoms with Gasteiger partial charge in [-0.05, 0) is 61.2 Å². The highest BCUT2D eigenvalue weighted by Crippen LogP contribution is 2.41. The first-order valence-electron chi connectivity index (χ1n) is 7.87. The van der Waals surface area contributed by atoms with Crippen LogP contribution < -0.4 is 5.32 Å². The molecule has 0 bridgehead atoms. The van der Waals surface area contributed by atoms with E-state index in [9.17, 15) is 8.78 Å². The zero-order valence-corrected chi connectivity index (χ0v) is 12.7. The molecule has 1 nitrogen and oxygen atoms in total. The quantitative estimate of drug-likeness (QED) is 0.877. The Morgan fingerprint density at radius 1 is 0.955 bits per heavy atom. The maximum Gasteiger partial charge on any atom is 0.123 e. The average Bonchev–Trinajstić information content (AvgIpc) is 2.96. The largest absolute Gasteiger partial charge is 0.317 e. The second kappa shape index (κ2) is 6.57. The summed E-state index contributed by atoms with van der Waals surface area (Å²) in [5, 5.41) is 3.38. The van der Waals surface area contributed by atoms with E-state index in [-0.39, 0.29) is 17.6 Å². The van der Waals surface area contributed by atoms with Crippen LogP contribution in [0.1, 0.15) is 36.3 Å². The summed E-state index contributed by atoms with van der Waals surface area (Å²) in [6.45, 7) is 0. The van der Waals surface area contributed by atoms with Crippen LogP contribution in [-0.4, -0.2) is 13.1 Å². The van der Waals surface area contributed by atoms with Crippen molar-refractivity contribution in [2.75, 3.05) is 7.05 Å². The maximum absolute atomic E-state index is 13.7. The first kappa shape index (κ1) is 15.2. The summed E-state index contributed by atoms with van der Waals surface area (Å²) in [6, 6.07) is 13.8. The molecule has 0 amide bonds. The molecule has 0 aliphatic heterocycles. The molecule has 1 N–H and O–H groups in total. The Kier molecular flexibility index (Phi) is 4.53. The van der Waals surface area contributed by atoms with Crippen LogP contribution in [0.5, 0.6) is 0 Å². The van der Waals surface area contributed by atoms with Gasteiger partial charge in [0.2, 0.25) is 0 Å². The van der Waals surface area contributed by atoms with Gasteiger partial charge in [-0.1, -0.05) is 30.7 Å². The van der Waals surface area contributed by atoms with E-state index >= 15 is 0 Å². The van der Waals surface area contributed by atoms with Crippen molar-refractivity contribution in [3.8, 4) is 0 Å². The smallest absolute Gasteiger partial charge is 0.123 e. The number of hydrogen-bond acceptors (Lipinski definition) is 1. The molecule has 0 heterocycles. The minimum Gasteiger partial charge on any atom is -0.317 e. The molecule has 1 saturated carbocycles. The minimum atomic E-state index is -0.238. The summed E-state index contributed by atoms with van der Waals surface area (Å²) in [5.74, 6) is -0.101. The van der Waals surface area contributed by atoms with Crippen LogP contribution >= 0.6 is 0 Å². The van der Waals surface area contributed by atoms with Gasteiger partial charge in [0.05, 0.1) is 0 Å². The lowest BCUT2D eigenvalue weighted by molar-refractivity contribution is 0.385. The SMILES string of the molecule is CN[C@@H]1CCCC1C(c1cccc(F)c1)c1cccc(F)c1. The van der Waals surface area contributed by atoms with Crippen molar-refractivity contribution in [2.24, 2.45) is 5.92 Å². The number of hydrogen-bond donors (Lipinski definition) is 1. The third kappa shape index (κ3) is 3.05. The van der Waals surface area contributed by atoms with Crippen molar-refractivity contribution in [2.45, 2.75) is 31.2 Å². The highest BCUT2D eigenvalue weighted by Gasteiger charge is 2.34. The fourth-order valence-corrected chi connectivity index (χ4v) is 3.83. The Labute approximate surface area is 130 Å². The van der Waals surface area contributed by atoms with Crippen molar-refractivity contribution in [1.82, 2.24) is 5.32 Å². The number of nitrogens with one attached hydrogen (secondary N) is 1. The molecular weight excluding hydrogens is 280 g/mol. The van der Waals surface area contributed by atoms with Crippen molar-refractivity contribution >= 4 is 0 Å². The molecule has 1 aliphatic carbocycles. The van der Waals surface area contributed by atoms with E-state index in [4.69, 9.17) is 0 Å². The van der Waals surface area contributed by atoms with E-state index in [1.54, 1.807) is 24.3 Å². The zero-order valence-electron chi connectivity index (χ0n) is 12.7. The van der Waals surface area contributed by atoms with Crippen molar-refractivity contribution in [1.29, 1.82) is 0 Å². The van der Waals surface area contributed by atoms with Crippen molar-refractivity contribution in [3.63, 3.8) is 0 Å². The van der Waals surface area contributed by atoms with Gasteiger partial charge in [0.25, 0.3) is 0 Å². The fraction of sp³-hybridized carbons (Fsp3) is 0.368. The molecule has 3 heteroatoms. The maximum atomic E-state index is 13.7. The van der Waals surface area contributed by atoms with Gasteiger partial charge >= 0.3 is 0 Å². The molecule has 2 atom stereocenters. The summed E-state index contributed by atoms with van der Waals surface area (Å²) in [7, 11) is 1.97. The van der Waals surface area contributed by atoms with Crippen LogP contribution in [0.4, 0.5) is 8.78 Å². The lowest BCUT2D eigenvalue weighted by Crippen LogP contribution is -2.33. The molecule has 2 aromatic rings. The monoisotopic (exact) mass is 301 g/mol. The number of rotatable bonds is 4. The van der Waals surface area contributed by atoms with Crippen LogP contribution in [-0.2, 0) is 0 Å². The number of halogens is 2. The first-order chi connectivity index (χ1) is 10.7. The Balaban J connectivity index is 2.06. The molecule has 0 aromatic heterocycles. The second-order valence-electron chi connectivity index (χ2n) is 6.08. The van der Waals surface area contributed by atoms with Crippen LogP contribution in [0.2, 0.25) is 0 Å². The molecule has 116 valence electrons.